The van der Waals surface area contributed by atoms with Crippen LogP contribution in [0.5, 0.6) is 11.5 Å². The number of benzene rings is 2. The quantitative estimate of drug-likeness (QED) is 0.479. The Kier molecular flexibility index (Phi) is 8.20. The van der Waals surface area contributed by atoms with Gasteiger partial charge in [0.1, 0.15) is 36.1 Å². The summed E-state index contributed by atoms with van der Waals surface area (Å²) in [6.45, 7) is 5.31. The molecule has 0 aliphatic rings. The first-order valence-corrected chi connectivity index (χ1v) is 10.4. The third-order valence-electron chi connectivity index (χ3n) is 4.57. The molecule has 3 aromatic rings. The van der Waals surface area contributed by atoms with E-state index in [1.165, 1.54) is 0 Å². The molecule has 0 aliphatic carbocycles. The molecule has 166 valence electrons. The van der Waals surface area contributed by atoms with E-state index in [1.807, 2.05) is 62.4 Å². The standard InChI is InChI=1S/C25H27N3O4/c1-18-6-10-20(11-7-18)31-16-14-26-24(29)22-4-3-5-23(28-22)25(30)27-15-17-32-21-12-8-19(2)9-13-21/h3-13H,14-17H2,1-2H3,(H,26,29)(H,27,30). The van der Waals surface area contributed by atoms with Crippen molar-refractivity contribution in [3.63, 3.8) is 0 Å². The number of hydrogen-bond acceptors (Lipinski definition) is 5. The van der Waals surface area contributed by atoms with Crippen molar-refractivity contribution in [2.75, 3.05) is 26.3 Å². The van der Waals surface area contributed by atoms with Gasteiger partial charge in [0.05, 0.1) is 13.1 Å². The van der Waals surface area contributed by atoms with Crippen molar-refractivity contribution in [1.29, 1.82) is 0 Å². The Hall–Kier alpha value is -3.87. The monoisotopic (exact) mass is 433 g/mol. The largest absolute Gasteiger partial charge is 0.492 e. The molecule has 0 atom stereocenters. The Morgan fingerprint density at radius 3 is 1.50 bits per heavy atom. The maximum absolute atomic E-state index is 12.3. The zero-order valence-electron chi connectivity index (χ0n) is 18.3. The zero-order chi connectivity index (χ0) is 22.8. The normalized spacial score (nSPS) is 10.3. The Labute approximate surface area is 187 Å². The van der Waals surface area contributed by atoms with Crippen LogP contribution in [0.4, 0.5) is 0 Å². The highest BCUT2D eigenvalue weighted by Gasteiger charge is 2.12. The first-order chi connectivity index (χ1) is 15.5. The van der Waals surface area contributed by atoms with Crippen molar-refractivity contribution in [2.24, 2.45) is 0 Å². The summed E-state index contributed by atoms with van der Waals surface area (Å²) in [7, 11) is 0. The number of nitrogens with zero attached hydrogens (tertiary/aromatic N) is 1. The molecular formula is C25H27N3O4. The van der Waals surface area contributed by atoms with Crippen LogP contribution < -0.4 is 20.1 Å². The maximum Gasteiger partial charge on any atom is 0.270 e. The third-order valence-corrected chi connectivity index (χ3v) is 4.57. The summed E-state index contributed by atoms with van der Waals surface area (Å²) >= 11 is 0. The molecule has 0 radical (unpaired) electrons. The molecule has 2 amide bonds. The zero-order valence-corrected chi connectivity index (χ0v) is 18.3. The fourth-order valence-corrected chi connectivity index (χ4v) is 2.80. The van der Waals surface area contributed by atoms with Crippen molar-refractivity contribution in [3.8, 4) is 11.5 Å². The molecule has 2 aromatic carbocycles. The van der Waals surface area contributed by atoms with Crippen molar-refractivity contribution < 1.29 is 19.1 Å². The van der Waals surface area contributed by atoms with Gasteiger partial charge in [-0.25, -0.2) is 4.98 Å². The number of pyridine rings is 1. The predicted molar refractivity (Wildman–Crippen MR) is 122 cm³/mol. The minimum atomic E-state index is -0.366. The van der Waals surface area contributed by atoms with E-state index >= 15 is 0 Å². The fraction of sp³-hybridized carbons (Fsp3) is 0.240. The lowest BCUT2D eigenvalue weighted by molar-refractivity contribution is 0.0937. The molecule has 0 bridgehead atoms. The van der Waals surface area contributed by atoms with Gasteiger partial charge in [0.2, 0.25) is 0 Å². The van der Waals surface area contributed by atoms with E-state index in [1.54, 1.807) is 18.2 Å². The molecule has 1 aromatic heterocycles. The number of ether oxygens (including phenoxy) is 2. The maximum atomic E-state index is 12.3. The van der Waals surface area contributed by atoms with Crippen LogP contribution in [0.3, 0.4) is 0 Å². The Balaban J connectivity index is 1.40. The lowest BCUT2D eigenvalue weighted by atomic mass is 10.2. The van der Waals surface area contributed by atoms with E-state index in [0.29, 0.717) is 26.3 Å². The minimum Gasteiger partial charge on any atom is -0.492 e. The molecular weight excluding hydrogens is 406 g/mol. The third kappa shape index (κ3) is 7.12. The Morgan fingerprint density at radius 1 is 0.688 bits per heavy atom. The van der Waals surface area contributed by atoms with Gasteiger partial charge in [0.15, 0.2) is 0 Å². The number of carbonyl (C=O) groups is 2. The summed E-state index contributed by atoms with van der Waals surface area (Å²) in [6, 6.07) is 20.1. The van der Waals surface area contributed by atoms with E-state index in [9.17, 15) is 9.59 Å². The van der Waals surface area contributed by atoms with Gasteiger partial charge in [-0.3, -0.25) is 9.59 Å². The predicted octanol–water partition coefficient (Wildman–Crippen LogP) is 3.32. The first kappa shape index (κ1) is 22.8. The molecule has 3 rings (SSSR count). The SMILES string of the molecule is Cc1ccc(OCCNC(=O)c2cccc(C(=O)NCCOc3ccc(C)cc3)n2)cc1. The number of carbonyl (C=O) groups excluding carboxylic acids is 2. The van der Waals surface area contributed by atoms with Gasteiger partial charge in [-0.05, 0) is 50.2 Å². The number of aryl methyl sites for hydroxylation is 2. The first-order valence-electron chi connectivity index (χ1n) is 10.4. The van der Waals surface area contributed by atoms with Crippen LogP contribution in [-0.2, 0) is 0 Å². The number of aromatic nitrogens is 1. The fourth-order valence-electron chi connectivity index (χ4n) is 2.80. The van der Waals surface area contributed by atoms with Gasteiger partial charge in [0.25, 0.3) is 11.8 Å². The van der Waals surface area contributed by atoms with Gasteiger partial charge < -0.3 is 20.1 Å². The summed E-state index contributed by atoms with van der Waals surface area (Å²) in [5.74, 6) is 0.755. The molecule has 0 spiro atoms. The summed E-state index contributed by atoms with van der Waals surface area (Å²) in [4.78, 5) is 28.8. The topological polar surface area (TPSA) is 89.5 Å². The van der Waals surface area contributed by atoms with Gasteiger partial charge >= 0.3 is 0 Å². The second-order valence-electron chi connectivity index (χ2n) is 7.24. The molecule has 7 heteroatoms. The summed E-state index contributed by atoms with van der Waals surface area (Å²) in [5, 5.41) is 5.49. The number of amides is 2. The molecule has 0 aliphatic heterocycles. The van der Waals surface area contributed by atoms with Gasteiger partial charge in [-0.2, -0.15) is 0 Å². The Bertz CT molecular complexity index is 953. The lowest BCUT2D eigenvalue weighted by Crippen LogP contribution is -2.31. The lowest BCUT2D eigenvalue weighted by Gasteiger charge is -2.09. The number of hydrogen-bond donors (Lipinski definition) is 2. The van der Waals surface area contributed by atoms with Gasteiger partial charge in [-0.1, -0.05) is 41.5 Å². The minimum absolute atomic E-state index is 0.170. The van der Waals surface area contributed by atoms with E-state index in [0.717, 1.165) is 22.6 Å². The van der Waals surface area contributed by atoms with Gasteiger partial charge in [0, 0.05) is 0 Å². The van der Waals surface area contributed by atoms with Crippen molar-refractivity contribution in [2.45, 2.75) is 13.8 Å². The van der Waals surface area contributed by atoms with Gasteiger partial charge in [-0.15, -0.1) is 0 Å². The molecule has 32 heavy (non-hydrogen) atoms. The molecule has 1 heterocycles. The molecule has 0 fully saturated rings. The Morgan fingerprint density at radius 2 is 1.09 bits per heavy atom. The van der Waals surface area contributed by atoms with Crippen molar-refractivity contribution >= 4 is 11.8 Å². The molecule has 7 nitrogen and oxygen atoms in total. The molecule has 0 saturated carbocycles. The summed E-state index contributed by atoms with van der Waals surface area (Å²) < 4.78 is 11.2. The number of nitrogens with one attached hydrogen (secondary N) is 2. The van der Waals surface area contributed by atoms with E-state index in [4.69, 9.17) is 9.47 Å². The average molecular weight is 434 g/mol. The highest BCUT2D eigenvalue weighted by molar-refractivity contribution is 5.96. The highest BCUT2D eigenvalue weighted by Crippen LogP contribution is 2.11. The second kappa shape index (κ2) is 11.5. The smallest absolute Gasteiger partial charge is 0.270 e. The van der Waals surface area contributed by atoms with Crippen LogP contribution in [0.15, 0.2) is 66.7 Å². The number of rotatable bonds is 10. The van der Waals surface area contributed by atoms with Crippen LogP contribution in [-0.4, -0.2) is 43.1 Å². The van der Waals surface area contributed by atoms with E-state index < -0.39 is 0 Å². The van der Waals surface area contributed by atoms with Crippen LogP contribution in [0.2, 0.25) is 0 Å². The average Bonchev–Trinajstić information content (AvgIpc) is 2.81. The summed E-state index contributed by atoms with van der Waals surface area (Å²) in [5.41, 5.74) is 2.65. The van der Waals surface area contributed by atoms with Crippen LogP contribution in [0.25, 0.3) is 0 Å². The second-order valence-corrected chi connectivity index (χ2v) is 7.24. The molecule has 2 N–H and O–H groups in total. The van der Waals surface area contributed by atoms with Crippen LogP contribution >= 0.6 is 0 Å². The highest BCUT2D eigenvalue weighted by atomic mass is 16.5. The van der Waals surface area contributed by atoms with Crippen molar-refractivity contribution in [1.82, 2.24) is 15.6 Å². The van der Waals surface area contributed by atoms with Crippen molar-refractivity contribution in [3.05, 3.63) is 89.2 Å². The van der Waals surface area contributed by atoms with Crippen LogP contribution in [0, 0.1) is 13.8 Å². The van der Waals surface area contributed by atoms with E-state index in [2.05, 4.69) is 15.6 Å². The summed E-state index contributed by atoms with van der Waals surface area (Å²) in [6.07, 6.45) is 0. The van der Waals surface area contributed by atoms with Crippen LogP contribution in [0.1, 0.15) is 32.1 Å². The molecule has 0 unspecified atom stereocenters. The molecule has 0 saturated heterocycles. The van der Waals surface area contributed by atoms with E-state index in [-0.39, 0.29) is 23.2 Å².